The van der Waals surface area contributed by atoms with Gasteiger partial charge in [-0.05, 0) is 36.7 Å². The number of benzene rings is 1. The first-order chi connectivity index (χ1) is 14.6. The minimum atomic E-state index is -0.208. The number of carbonyl (C=O) groups is 1. The highest BCUT2D eigenvalue weighted by molar-refractivity contribution is 6.00. The van der Waals surface area contributed by atoms with Crippen LogP contribution in [0.15, 0.2) is 41.3 Å². The molecule has 2 fully saturated rings. The number of nitrogens with one attached hydrogen (secondary N) is 1. The number of aromatic amines is 1. The van der Waals surface area contributed by atoms with Crippen molar-refractivity contribution in [1.82, 2.24) is 19.5 Å². The maximum Gasteiger partial charge on any atom is 0.273 e. The van der Waals surface area contributed by atoms with Gasteiger partial charge in [-0.15, -0.1) is 0 Å². The quantitative estimate of drug-likeness (QED) is 0.711. The fraction of sp³-hybridized carbons (Fsp3) is 0.458. The number of hydrogen-bond donors (Lipinski definition) is 1. The molecule has 5 rings (SSSR count). The van der Waals surface area contributed by atoms with Crippen LogP contribution in [0, 0.1) is 5.92 Å². The van der Waals surface area contributed by atoms with Crippen LogP contribution in [0.5, 0.6) is 0 Å². The van der Waals surface area contributed by atoms with Gasteiger partial charge in [0, 0.05) is 30.9 Å². The Labute approximate surface area is 175 Å². The molecule has 1 saturated heterocycles. The molecule has 6 heteroatoms. The van der Waals surface area contributed by atoms with Crippen molar-refractivity contribution in [3.05, 3.63) is 58.0 Å². The van der Waals surface area contributed by atoms with Crippen LogP contribution < -0.4 is 5.56 Å². The van der Waals surface area contributed by atoms with Crippen LogP contribution in [-0.2, 0) is 0 Å². The van der Waals surface area contributed by atoms with Crippen LogP contribution in [-0.4, -0.2) is 38.5 Å². The van der Waals surface area contributed by atoms with E-state index in [1.54, 1.807) is 6.20 Å². The standard InChI is InChI=1S/C24H28N4O2/c1-16-11-12-27(15-16)24(30)20-14-25-28-22(29)13-21(26-23(20)28)19-9-7-18(8-10-19)17-5-3-2-4-6-17/h7-10,13-14,16-17,25H,2-6,11-12,15H2,1H3/t16-/m1/s1. The van der Waals surface area contributed by atoms with Gasteiger partial charge in [-0.1, -0.05) is 50.5 Å². The van der Waals surface area contributed by atoms with Gasteiger partial charge in [0.15, 0.2) is 5.65 Å². The van der Waals surface area contributed by atoms with Crippen molar-refractivity contribution in [3.63, 3.8) is 0 Å². The third-order valence-corrected chi connectivity index (χ3v) is 6.72. The fourth-order valence-electron chi connectivity index (χ4n) is 4.94. The van der Waals surface area contributed by atoms with Gasteiger partial charge in [0.25, 0.3) is 11.5 Å². The third kappa shape index (κ3) is 3.44. The van der Waals surface area contributed by atoms with E-state index >= 15 is 0 Å². The summed E-state index contributed by atoms with van der Waals surface area (Å²) in [5.41, 5.74) is 3.54. The van der Waals surface area contributed by atoms with Gasteiger partial charge in [-0.2, -0.15) is 0 Å². The molecule has 1 aromatic carbocycles. The predicted octanol–water partition coefficient (Wildman–Crippen LogP) is 4.22. The molecule has 2 aliphatic rings. The highest BCUT2D eigenvalue weighted by atomic mass is 16.2. The van der Waals surface area contributed by atoms with E-state index in [9.17, 15) is 9.59 Å². The molecule has 3 aromatic rings. The van der Waals surface area contributed by atoms with E-state index in [0.717, 1.165) is 25.1 Å². The summed E-state index contributed by atoms with van der Waals surface area (Å²) in [6.07, 6.45) is 9.09. The first kappa shape index (κ1) is 19.1. The zero-order valence-corrected chi connectivity index (χ0v) is 17.4. The Morgan fingerprint density at radius 3 is 2.57 bits per heavy atom. The maximum absolute atomic E-state index is 13.0. The minimum absolute atomic E-state index is 0.0604. The molecule has 1 amide bonds. The van der Waals surface area contributed by atoms with E-state index in [1.165, 1.54) is 48.2 Å². The molecule has 0 spiro atoms. The highest BCUT2D eigenvalue weighted by Crippen LogP contribution is 2.33. The van der Waals surface area contributed by atoms with Crippen LogP contribution in [0.1, 0.15) is 67.3 Å². The lowest BCUT2D eigenvalue weighted by molar-refractivity contribution is 0.0790. The Morgan fingerprint density at radius 1 is 1.10 bits per heavy atom. The number of aromatic nitrogens is 3. The normalized spacial score (nSPS) is 20.2. The molecule has 2 aromatic heterocycles. The number of carbonyl (C=O) groups excluding carboxylic acids is 1. The van der Waals surface area contributed by atoms with Gasteiger partial charge in [0.2, 0.25) is 0 Å². The van der Waals surface area contributed by atoms with Gasteiger partial charge in [-0.3, -0.25) is 14.7 Å². The molecule has 30 heavy (non-hydrogen) atoms. The second-order valence-electron chi connectivity index (χ2n) is 8.93. The van der Waals surface area contributed by atoms with Crippen LogP contribution in [0.3, 0.4) is 0 Å². The largest absolute Gasteiger partial charge is 0.338 e. The van der Waals surface area contributed by atoms with E-state index in [-0.39, 0.29) is 11.5 Å². The predicted molar refractivity (Wildman–Crippen MR) is 117 cm³/mol. The molecule has 3 heterocycles. The molecule has 1 atom stereocenters. The first-order valence-electron chi connectivity index (χ1n) is 11.1. The zero-order chi connectivity index (χ0) is 20.7. The number of hydrogen-bond acceptors (Lipinski definition) is 3. The van der Waals surface area contributed by atoms with E-state index < -0.39 is 0 Å². The summed E-state index contributed by atoms with van der Waals surface area (Å²) in [6.45, 7) is 3.66. The number of fused-ring (bicyclic) bond motifs is 1. The molecule has 1 aliphatic heterocycles. The molecular formula is C24H28N4O2. The maximum atomic E-state index is 13.0. The summed E-state index contributed by atoms with van der Waals surface area (Å²) >= 11 is 0. The summed E-state index contributed by atoms with van der Waals surface area (Å²) < 4.78 is 1.35. The average molecular weight is 405 g/mol. The summed E-state index contributed by atoms with van der Waals surface area (Å²) in [6, 6.07) is 9.98. The van der Waals surface area contributed by atoms with E-state index in [0.29, 0.717) is 28.7 Å². The topological polar surface area (TPSA) is 70.5 Å². The SMILES string of the molecule is C[C@@H]1CCN(C(=O)c2c[nH]n3c(=O)cc(-c4ccc(C5CCCCC5)cc4)nc23)C1. The van der Waals surface area contributed by atoms with Crippen molar-refractivity contribution < 1.29 is 4.79 Å². The van der Waals surface area contributed by atoms with Gasteiger partial charge in [0.1, 0.15) is 5.56 Å². The van der Waals surface area contributed by atoms with Gasteiger partial charge >= 0.3 is 0 Å². The van der Waals surface area contributed by atoms with Crippen molar-refractivity contribution in [2.45, 2.75) is 51.4 Å². The Kier molecular flexibility index (Phi) is 4.93. The van der Waals surface area contributed by atoms with E-state index in [4.69, 9.17) is 4.98 Å². The molecule has 0 bridgehead atoms. The number of rotatable bonds is 3. The van der Waals surface area contributed by atoms with Crippen LogP contribution in [0.25, 0.3) is 16.9 Å². The molecule has 6 nitrogen and oxygen atoms in total. The van der Waals surface area contributed by atoms with Crippen LogP contribution >= 0.6 is 0 Å². The van der Waals surface area contributed by atoms with Crippen molar-refractivity contribution in [3.8, 4) is 11.3 Å². The summed E-state index contributed by atoms with van der Waals surface area (Å²) in [4.78, 5) is 32.2. The van der Waals surface area contributed by atoms with Crippen molar-refractivity contribution in [2.75, 3.05) is 13.1 Å². The fourth-order valence-corrected chi connectivity index (χ4v) is 4.94. The van der Waals surface area contributed by atoms with Gasteiger partial charge in [-0.25, -0.2) is 9.50 Å². The summed E-state index contributed by atoms with van der Waals surface area (Å²) in [7, 11) is 0. The van der Waals surface area contributed by atoms with Crippen molar-refractivity contribution >= 4 is 11.6 Å². The Bertz CT molecular complexity index is 1120. The molecular weight excluding hydrogens is 376 g/mol. The average Bonchev–Trinajstić information content (AvgIpc) is 3.41. The molecule has 156 valence electrons. The van der Waals surface area contributed by atoms with Crippen LogP contribution in [0.2, 0.25) is 0 Å². The first-order valence-corrected chi connectivity index (χ1v) is 11.1. The Balaban J connectivity index is 1.48. The van der Waals surface area contributed by atoms with Crippen molar-refractivity contribution in [2.24, 2.45) is 5.92 Å². The summed E-state index contributed by atoms with van der Waals surface area (Å²) in [5, 5.41) is 2.90. The van der Waals surface area contributed by atoms with Crippen LogP contribution in [0.4, 0.5) is 0 Å². The Morgan fingerprint density at radius 2 is 1.87 bits per heavy atom. The van der Waals surface area contributed by atoms with Crippen molar-refractivity contribution in [1.29, 1.82) is 0 Å². The summed E-state index contributed by atoms with van der Waals surface area (Å²) in [5.74, 6) is 1.09. The molecule has 0 radical (unpaired) electrons. The van der Waals surface area contributed by atoms with Gasteiger partial charge in [0.05, 0.1) is 5.69 Å². The second kappa shape index (κ2) is 7.74. The number of H-pyrrole nitrogens is 1. The molecule has 1 N–H and O–H groups in total. The van der Waals surface area contributed by atoms with Gasteiger partial charge < -0.3 is 4.90 Å². The lowest BCUT2D eigenvalue weighted by Gasteiger charge is -2.22. The smallest absolute Gasteiger partial charge is 0.273 e. The number of likely N-dealkylation sites (tertiary alicyclic amines) is 1. The monoisotopic (exact) mass is 404 g/mol. The number of nitrogens with zero attached hydrogens (tertiary/aromatic N) is 3. The zero-order valence-electron chi connectivity index (χ0n) is 17.4. The number of amides is 1. The van der Waals surface area contributed by atoms with E-state index in [2.05, 4.69) is 36.3 Å². The molecule has 1 aliphatic carbocycles. The van der Waals surface area contributed by atoms with E-state index in [1.807, 2.05) is 4.90 Å². The molecule has 0 unspecified atom stereocenters. The highest BCUT2D eigenvalue weighted by Gasteiger charge is 2.27. The third-order valence-electron chi connectivity index (χ3n) is 6.72. The molecule has 1 saturated carbocycles. The Hall–Kier alpha value is -2.89. The lowest BCUT2D eigenvalue weighted by atomic mass is 9.84. The second-order valence-corrected chi connectivity index (χ2v) is 8.93. The minimum Gasteiger partial charge on any atom is -0.338 e. The lowest BCUT2D eigenvalue weighted by Crippen LogP contribution is -2.28.